The van der Waals surface area contributed by atoms with Crippen molar-refractivity contribution in [1.82, 2.24) is 4.90 Å². The van der Waals surface area contributed by atoms with Gasteiger partial charge in [-0.2, -0.15) is 0 Å². The van der Waals surface area contributed by atoms with E-state index < -0.39 is 0 Å². The minimum Gasteiger partial charge on any atom is -0.493 e. The SMILES string of the molecule is COc1cccc2c1O[C@@H]1CCC[C@@H]3CN(C)CC[C@]231. The van der Waals surface area contributed by atoms with Crippen LogP contribution in [-0.4, -0.2) is 38.3 Å². The van der Waals surface area contributed by atoms with Gasteiger partial charge in [0.15, 0.2) is 11.5 Å². The molecule has 1 aromatic carbocycles. The first kappa shape index (κ1) is 12.5. The first-order valence-electron chi connectivity index (χ1n) is 7.78. The minimum atomic E-state index is 0.245. The lowest BCUT2D eigenvalue weighted by atomic mass is 9.58. The fourth-order valence-corrected chi connectivity index (χ4v) is 4.79. The fourth-order valence-electron chi connectivity index (χ4n) is 4.79. The summed E-state index contributed by atoms with van der Waals surface area (Å²) < 4.78 is 11.9. The molecule has 4 rings (SSSR count). The molecular weight excluding hydrogens is 250 g/mol. The van der Waals surface area contributed by atoms with Crippen molar-refractivity contribution in [2.45, 2.75) is 37.2 Å². The molecule has 0 unspecified atom stereocenters. The Hall–Kier alpha value is -1.22. The highest BCUT2D eigenvalue weighted by Gasteiger charge is 2.57. The summed E-state index contributed by atoms with van der Waals surface area (Å²) in [6.45, 7) is 2.38. The second-order valence-corrected chi connectivity index (χ2v) is 6.62. The molecule has 2 heterocycles. The first-order valence-corrected chi connectivity index (χ1v) is 7.78. The number of hydrogen-bond donors (Lipinski definition) is 0. The molecule has 108 valence electrons. The van der Waals surface area contributed by atoms with E-state index in [2.05, 4.69) is 24.1 Å². The Morgan fingerprint density at radius 3 is 3.10 bits per heavy atom. The number of para-hydroxylation sites is 1. The molecule has 3 nitrogen and oxygen atoms in total. The van der Waals surface area contributed by atoms with E-state index >= 15 is 0 Å². The molecule has 2 aliphatic heterocycles. The summed E-state index contributed by atoms with van der Waals surface area (Å²) in [6, 6.07) is 6.43. The van der Waals surface area contributed by atoms with Crippen LogP contribution in [0.15, 0.2) is 18.2 Å². The number of rotatable bonds is 1. The quantitative estimate of drug-likeness (QED) is 0.785. The lowest BCUT2D eigenvalue weighted by molar-refractivity contribution is -0.000159. The van der Waals surface area contributed by atoms with E-state index in [9.17, 15) is 0 Å². The van der Waals surface area contributed by atoms with Crippen molar-refractivity contribution in [2.75, 3.05) is 27.2 Å². The van der Waals surface area contributed by atoms with Crippen molar-refractivity contribution >= 4 is 0 Å². The highest BCUT2D eigenvalue weighted by molar-refractivity contribution is 5.55. The average Bonchev–Trinajstić information content (AvgIpc) is 2.80. The van der Waals surface area contributed by atoms with Crippen LogP contribution in [-0.2, 0) is 5.41 Å². The number of piperidine rings is 1. The molecule has 3 atom stereocenters. The zero-order valence-electron chi connectivity index (χ0n) is 12.4. The third kappa shape index (κ3) is 1.50. The van der Waals surface area contributed by atoms with Crippen LogP contribution in [0.3, 0.4) is 0 Å². The van der Waals surface area contributed by atoms with Crippen LogP contribution in [0, 0.1) is 5.92 Å². The molecule has 1 aliphatic carbocycles. The Bertz CT molecular complexity index is 530. The fraction of sp³-hybridized carbons (Fsp3) is 0.647. The zero-order valence-corrected chi connectivity index (χ0v) is 12.4. The van der Waals surface area contributed by atoms with Crippen LogP contribution in [0.5, 0.6) is 11.5 Å². The van der Waals surface area contributed by atoms with Gasteiger partial charge in [0.2, 0.25) is 0 Å². The van der Waals surface area contributed by atoms with Gasteiger partial charge >= 0.3 is 0 Å². The van der Waals surface area contributed by atoms with Crippen LogP contribution in [0.2, 0.25) is 0 Å². The van der Waals surface area contributed by atoms with E-state index in [1.807, 2.05) is 6.07 Å². The van der Waals surface area contributed by atoms with Crippen LogP contribution in [0.4, 0.5) is 0 Å². The Balaban J connectivity index is 1.85. The van der Waals surface area contributed by atoms with Gasteiger partial charge in [0.05, 0.1) is 7.11 Å². The van der Waals surface area contributed by atoms with Crippen LogP contribution in [0.1, 0.15) is 31.2 Å². The summed E-state index contributed by atoms with van der Waals surface area (Å²) in [5.74, 6) is 2.66. The largest absolute Gasteiger partial charge is 0.493 e. The lowest BCUT2D eigenvalue weighted by Gasteiger charge is -2.50. The second-order valence-electron chi connectivity index (χ2n) is 6.62. The van der Waals surface area contributed by atoms with Gasteiger partial charge in [0, 0.05) is 17.5 Å². The lowest BCUT2D eigenvalue weighted by Crippen LogP contribution is -2.55. The van der Waals surface area contributed by atoms with E-state index in [-0.39, 0.29) is 5.41 Å². The summed E-state index contributed by atoms with van der Waals surface area (Å²) in [5.41, 5.74) is 1.66. The van der Waals surface area contributed by atoms with Crippen molar-refractivity contribution in [2.24, 2.45) is 5.92 Å². The van der Waals surface area contributed by atoms with Crippen molar-refractivity contribution in [3.05, 3.63) is 23.8 Å². The smallest absolute Gasteiger partial charge is 0.165 e. The minimum absolute atomic E-state index is 0.245. The molecule has 0 aromatic heterocycles. The van der Waals surface area contributed by atoms with Crippen molar-refractivity contribution < 1.29 is 9.47 Å². The number of benzene rings is 1. The number of ether oxygens (including phenoxy) is 2. The highest BCUT2D eigenvalue weighted by Crippen LogP contribution is 2.58. The second kappa shape index (κ2) is 4.39. The predicted molar refractivity (Wildman–Crippen MR) is 78.5 cm³/mol. The highest BCUT2D eigenvalue weighted by atomic mass is 16.5. The van der Waals surface area contributed by atoms with Crippen molar-refractivity contribution in [3.63, 3.8) is 0 Å². The van der Waals surface area contributed by atoms with E-state index in [0.29, 0.717) is 6.10 Å². The standard InChI is InChI=1S/C17H23NO2/c1-18-10-9-17-12(11-18)5-3-8-15(17)20-16-13(17)6-4-7-14(16)19-2/h4,6-7,12,15H,3,5,8-11H2,1-2H3/t12-,15-,17-/m1/s1. The Kier molecular flexibility index (Phi) is 2.75. The summed E-state index contributed by atoms with van der Waals surface area (Å²) >= 11 is 0. The molecule has 1 spiro atoms. The Morgan fingerprint density at radius 1 is 1.35 bits per heavy atom. The molecule has 0 amide bonds. The molecule has 0 radical (unpaired) electrons. The molecule has 3 heteroatoms. The van der Waals surface area contributed by atoms with E-state index in [0.717, 1.165) is 17.4 Å². The van der Waals surface area contributed by atoms with Gasteiger partial charge in [0.1, 0.15) is 6.10 Å². The molecular formula is C17H23NO2. The van der Waals surface area contributed by atoms with E-state index in [1.165, 1.54) is 44.3 Å². The normalized spacial score (nSPS) is 35.7. The summed E-state index contributed by atoms with van der Waals surface area (Å²) in [4.78, 5) is 2.48. The zero-order chi connectivity index (χ0) is 13.7. The molecule has 0 bridgehead atoms. The predicted octanol–water partition coefficient (Wildman–Crippen LogP) is 2.83. The van der Waals surface area contributed by atoms with Gasteiger partial charge in [-0.15, -0.1) is 0 Å². The Morgan fingerprint density at radius 2 is 2.25 bits per heavy atom. The van der Waals surface area contributed by atoms with Gasteiger partial charge in [-0.25, -0.2) is 0 Å². The maximum Gasteiger partial charge on any atom is 0.165 e. The van der Waals surface area contributed by atoms with Gasteiger partial charge in [-0.05, 0) is 51.3 Å². The van der Waals surface area contributed by atoms with Crippen molar-refractivity contribution in [1.29, 1.82) is 0 Å². The number of likely N-dealkylation sites (tertiary alicyclic amines) is 1. The number of hydrogen-bond acceptors (Lipinski definition) is 3. The Labute approximate surface area is 120 Å². The number of fused-ring (bicyclic) bond motifs is 1. The third-order valence-electron chi connectivity index (χ3n) is 5.72. The third-order valence-corrected chi connectivity index (χ3v) is 5.72. The monoisotopic (exact) mass is 273 g/mol. The topological polar surface area (TPSA) is 21.7 Å². The molecule has 2 fully saturated rings. The van der Waals surface area contributed by atoms with Gasteiger partial charge in [0.25, 0.3) is 0 Å². The van der Waals surface area contributed by atoms with Crippen LogP contribution >= 0.6 is 0 Å². The van der Waals surface area contributed by atoms with Crippen molar-refractivity contribution in [3.8, 4) is 11.5 Å². The molecule has 1 saturated heterocycles. The van der Waals surface area contributed by atoms with Gasteiger partial charge in [-0.1, -0.05) is 12.1 Å². The van der Waals surface area contributed by atoms with Crippen LogP contribution < -0.4 is 9.47 Å². The molecule has 20 heavy (non-hydrogen) atoms. The molecule has 1 aromatic rings. The van der Waals surface area contributed by atoms with E-state index in [4.69, 9.17) is 9.47 Å². The van der Waals surface area contributed by atoms with Gasteiger partial charge < -0.3 is 14.4 Å². The van der Waals surface area contributed by atoms with Gasteiger partial charge in [-0.3, -0.25) is 0 Å². The molecule has 1 saturated carbocycles. The first-order chi connectivity index (χ1) is 9.75. The van der Waals surface area contributed by atoms with E-state index in [1.54, 1.807) is 7.11 Å². The average molecular weight is 273 g/mol. The molecule has 3 aliphatic rings. The number of methoxy groups -OCH3 is 1. The maximum atomic E-state index is 6.38. The maximum absolute atomic E-state index is 6.38. The summed E-state index contributed by atoms with van der Waals surface area (Å²) in [7, 11) is 3.99. The summed E-state index contributed by atoms with van der Waals surface area (Å²) in [5, 5.41) is 0. The number of nitrogens with zero attached hydrogens (tertiary/aromatic N) is 1. The van der Waals surface area contributed by atoms with Crippen LogP contribution in [0.25, 0.3) is 0 Å². The molecule has 0 N–H and O–H groups in total. The summed E-state index contributed by atoms with van der Waals surface area (Å²) in [6.07, 6.45) is 5.40.